The van der Waals surface area contributed by atoms with Gasteiger partial charge in [-0.15, -0.1) is 0 Å². The highest BCUT2D eigenvalue weighted by atomic mass is 32.1. The zero-order valence-corrected chi connectivity index (χ0v) is 8.91. The van der Waals surface area contributed by atoms with Crippen LogP contribution in [0.1, 0.15) is 5.56 Å². The fraction of sp³-hybridized carbons (Fsp3) is 0.300. The number of ether oxygens (including phenoxy) is 1. The molecule has 0 spiro atoms. The molecule has 15 heavy (non-hydrogen) atoms. The quantitative estimate of drug-likeness (QED) is 0.601. The molecule has 0 bridgehead atoms. The number of benzene rings is 1. The van der Waals surface area contributed by atoms with Crippen molar-refractivity contribution in [1.29, 1.82) is 0 Å². The summed E-state index contributed by atoms with van der Waals surface area (Å²) in [6, 6.07) is 5.33. The van der Waals surface area contributed by atoms with Crippen molar-refractivity contribution >= 4 is 18.6 Å². The van der Waals surface area contributed by atoms with Crippen LogP contribution in [0.15, 0.2) is 24.3 Å². The molecule has 0 saturated heterocycles. The summed E-state index contributed by atoms with van der Waals surface area (Å²) in [5.41, 5.74) is 5.70. The molecule has 0 aliphatic heterocycles. The van der Waals surface area contributed by atoms with E-state index in [4.69, 9.17) is 10.5 Å². The van der Waals surface area contributed by atoms with Crippen molar-refractivity contribution in [2.75, 3.05) is 5.75 Å². The lowest BCUT2D eigenvalue weighted by Gasteiger charge is -2.09. The Morgan fingerprint density at radius 1 is 1.53 bits per heavy atom. The third kappa shape index (κ3) is 3.53. The molecule has 0 amide bonds. The normalized spacial score (nSPS) is 12.2. The van der Waals surface area contributed by atoms with Crippen molar-refractivity contribution in [3.8, 4) is 0 Å². The minimum absolute atomic E-state index is 0.104. The Morgan fingerprint density at radius 3 is 2.80 bits per heavy atom. The second kappa shape index (κ2) is 5.72. The molecule has 3 nitrogen and oxygen atoms in total. The van der Waals surface area contributed by atoms with Crippen LogP contribution in [0.2, 0.25) is 0 Å². The second-order valence-electron chi connectivity index (χ2n) is 2.99. The van der Waals surface area contributed by atoms with Crippen LogP contribution >= 0.6 is 12.6 Å². The van der Waals surface area contributed by atoms with Gasteiger partial charge >= 0.3 is 5.97 Å². The average Bonchev–Trinajstić information content (AvgIpc) is 2.26. The van der Waals surface area contributed by atoms with Gasteiger partial charge in [0.15, 0.2) is 0 Å². The van der Waals surface area contributed by atoms with Gasteiger partial charge in [0, 0.05) is 11.3 Å². The highest BCUT2D eigenvalue weighted by molar-refractivity contribution is 7.80. The van der Waals surface area contributed by atoms with E-state index in [0.717, 1.165) is 0 Å². The van der Waals surface area contributed by atoms with Gasteiger partial charge in [0.25, 0.3) is 0 Å². The first-order valence-corrected chi connectivity index (χ1v) is 5.05. The van der Waals surface area contributed by atoms with E-state index in [1.54, 1.807) is 18.2 Å². The molecule has 0 unspecified atom stereocenters. The average molecular weight is 229 g/mol. The van der Waals surface area contributed by atoms with Gasteiger partial charge in [0.1, 0.15) is 18.5 Å². The number of nitrogens with two attached hydrogens (primary N) is 1. The van der Waals surface area contributed by atoms with Crippen molar-refractivity contribution in [2.24, 2.45) is 5.73 Å². The summed E-state index contributed by atoms with van der Waals surface area (Å²) < 4.78 is 17.9. The SMILES string of the molecule is N[C@H](CS)C(=O)OCc1ccccc1F. The van der Waals surface area contributed by atoms with Crippen molar-refractivity contribution in [2.45, 2.75) is 12.6 Å². The number of hydrogen-bond acceptors (Lipinski definition) is 4. The molecule has 2 N–H and O–H groups in total. The Hall–Kier alpha value is -1.07. The van der Waals surface area contributed by atoms with Gasteiger partial charge in [-0.05, 0) is 6.07 Å². The first-order valence-electron chi connectivity index (χ1n) is 4.41. The first kappa shape index (κ1) is 12.0. The lowest BCUT2D eigenvalue weighted by atomic mass is 10.2. The Balaban J connectivity index is 2.51. The van der Waals surface area contributed by atoms with Crippen molar-refractivity contribution in [1.82, 2.24) is 0 Å². The molecule has 5 heteroatoms. The fourth-order valence-corrected chi connectivity index (χ4v) is 1.09. The summed E-state index contributed by atoms with van der Waals surface area (Å²) in [5.74, 6) is -0.770. The van der Waals surface area contributed by atoms with E-state index in [9.17, 15) is 9.18 Å². The van der Waals surface area contributed by atoms with Crippen LogP contribution < -0.4 is 5.73 Å². The summed E-state index contributed by atoms with van der Waals surface area (Å²) in [6.07, 6.45) is 0. The van der Waals surface area contributed by atoms with Crippen LogP contribution in [0.4, 0.5) is 4.39 Å². The van der Waals surface area contributed by atoms with Gasteiger partial charge in [0.05, 0.1) is 0 Å². The Kier molecular flexibility index (Phi) is 4.58. The Morgan fingerprint density at radius 2 is 2.20 bits per heavy atom. The first-order chi connectivity index (χ1) is 7.15. The molecule has 0 aliphatic carbocycles. The van der Waals surface area contributed by atoms with Crippen LogP contribution in [-0.2, 0) is 16.1 Å². The monoisotopic (exact) mass is 229 g/mol. The third-order valence-corrected chi connectivity index (χ3v) is 2.22. The van der Waals surface area contributed by atoms with Crippen LogP contribution in [0, 0.1) is 5.82 Å². The molecule has 82 valence electrons. The second-order valence-corrected chi connectivity index (χ2v) is 3.35. The number of rotatable bonds is 4. The number of esters is 1. The Labute approximate surface area is 92.8 Å². The highest BCUT2D eigenvalue weighted by Crippen LogP contribution is 2.07. The summed E-state index contributed by atoms with van der Waals surface area (Å²) in [5, 5.41) is 0. The molecule has 1 aromatic carbocycles. The third-order valence-electron chi connectivity index (χ3n) is 1.83. The van der Waals surface area contributed by atoms with E-state index in [0.29, 0.717) is 5.56 Å². The molecular formula is C10H12FNO2S. The topological polar surface area (TPSA) is 52.3 Å². The van der Waals surface area contributed by atoms with E-state index in [2.05, 4.69) is 12.6 Å². The summed E-state index contributed by atoms with van der Waals surface area (Å²) >= 11 is 3.86. The standard InChI is InChI=1S/C10H12FNO2S/c11-8-4-2-1-3-7(8)5-14-10(13)9(12)6-15/h1-4,9,15H,5-6,12H2/t9-/m1/s1. The maximum absolute atomic E-state index is 13.1. The van der Waals surface area contributed by atoms with E-state index in [-0.39, 0.29) is 12.4 Å². The van der Waals surface area contributed by atoms with Gasteiger partial charge in [-0.2, -0.15) is 12.6 Å². The molecule has 0 heterocycles. The van der Waals surface area contributed by atoms with Gasteiger partial charge in [-0.3, -0.25) is 4.79 Å². The molecule has 0 radical (unpaired) electrons. The fourth-order valence-electron chi connectivity index (χ4n) is 0.946. The van der Waals surface area contributed by atoms with E-state index >= 15 is 0 Å². The Bertz CT molecular complexity index is 346. The van der Waals surface area contributed by atoms with E-state index in [1.165, 1.54) is 6.07 Å². The molecular weight excluding hydrogens is 217 g/mol. The number of hydrogen-bond donors (Lipinski definition) is 2. The molecule has 1 rings (SSSR count). The van der Waals surface area contributed by atoms with E-state index in [1.807, 2.05) is 0 Å². The minimum Gasteiger partial charge on any atom is -0.460 e. The van der Waals surface area contributed by atoms with E-state index < -0.39 is 17.8 Å². The van der Waals surface area contributed by atoms with Crippen LogP contribution in [0.3, 0.4) is 0 Å². The van der Waals surface area contributed by atoms with Gasteiger partial charge in [-0.1, -0.05) is 18.2 Å². The zero-order chi connectivity index (χ0) is 11.3. The number of carbonyl (C=O) groups excluding carboxylic acids is 1. The van der Waals surface area contributed by atoms with Crippen LogP contribution in [-0.4, -0.2) is 17.8 Å². The van der Waals surface area contributed by atoms with Gasteiger partial charge in [0.2, 0.25) is 0 Å². The van der Waals surface area contributed by atoms with Crippen LogP contribution in [0.25, 0.3) is 0 Å². The molecule has 0 aliphatic rings. The molecule has 0 aromatic heterocycles. The van der Waals surface area contributed by atoms with Crippen molar-refractivity contribution in [3.63, 3.8) is 0 Å². The summed E-state index contributed by atoms with van der Waals surface area (Å²) in [6.45, 7) is -0.104. The maximum Gasteiger partial charge on any atom is 0.324 e. The molecule has 1 aromatic rings. The lowest BCUT2D eigenvalue weighted by Crippen LogP contribution is -2.33. The summed E-state index contributed by atoms with van der Waals surface area (Å²) in [4.78, 5) is 11.1. The van der Waals surface area contributed by atoms with Crippen LogP contribution in [0.5, 0.6) is 0 Å². The molecule has 0 saturated carbocycles. The van der Waals surface area contributed by atoms with Gasteiger partial charge in [-0.25, -0.2) is 4.39 Å². The largest absolute Gasteiger partial charge is 0.460 e. The molecule has 1 atom stereocenters. The number of halogens is 1. The maximum atomic E-state index is 13.1. The number of carbonyl (C=O) groups is 1. The van der Waals surface area contributed by atoms with Crippen molar-refractivity contribution < 1.29 is 13.9 Å². The minimum atomic E-state index is -0.764. The predicted molar refractivity (Wildman–Crippen MR) is 58.0 cm³/mol. The molecule has 0 fully saturated rings. The smallest absolute Gasteiger partial charge is 0.324 e. The predicted octanol–water partition coefficient (Wildman–Crippen LogP) is 1.13. The number of thiol groups is 1. The lowest BCUT2D eigenvalue weighted by molar-refractivity contribution is -0.145. The zero-order valence-electron chi connectivity index (χ0n) is 8.02. The van der Waals surface area contributed by atoms with Crippen molar-refractivity contribution in [3.05, 3.63) is 35.6 Å². The highest BCUT2D eigenvalue weighted by Gasteiger charge is 2.13. The summed E-state index contributed by atoms with van der Waals surface area (Å²) in [7, 11) is 0. The van der Waals surface area contributed by atoms with Gasteiger partial charge < -0.3 is 10.5 Å².